The Hall–Kier alpha value is -2.31. The summed E-state index contributed by atoms with van der Waals surface area (Å²) in [5, 5.41) is 1.68. The molecule has 0 bridgehead atoms. The van der Waals surface area contributed by atoms with Gasteiger partial charge in [-0.1, -0.05) is 41.9 Å². The van der Waals surface area contributed by atoms with E-state index in [1.165, 1.54) is 0 Å². The summed E-state index contributed by atoms with van der Waals surface area (Å²) in [6.45, 7) is 7.63. The van der Waals surface area contributed by atoms with E-state index in [4.69, 9.17) is 22.1 Å². The van der Waals surface area contributed by atoms with Crippen LogP contribution in [0.4, 0.5) is 10.5 Å². The molecular weight excluding hydrogens is 490 g/mol. The fourth-order valence-electron chi connectivity index (χ4n) is 3.47. The average molecular weight is 521 g/mol. The number of benzene rings is 2. The minimum atomic E-state index is -0.524. The van der Waals surface area contributed by atoms with Crippen molar-refractivity contribution in [1.29, 1.82) is 0 Å². The molecule has 3 rings (SSSR count). The molecule has 0 spiro atoms. The van der Waals surface area contributed by atoms with Crippen LogP contribution in [-0.4, -0.2) is 23.1 Å². The lowest BCUT2D eigenvalue weighted by molar-refractivity contribution is -0.671. The molecule has 172 valence electrons. The molecule has 0 saturated carbocycles. The largest absolute Gasteiger partial charge is 1.00 e. The monoisotopic (exact) mass is 519 g/mol. The average Bonchev–Trinajstić information content (AvgIpc) is 2.71. The first-order chi connectivity index (χ1) is 14.7. The van der Waals surface area contributed by atoms with E-state index in [2.05, 4.69) is 4.57 Å². The Bertz CT molecular complexity index is 1040. The second kappa shape index (κ2) is 11.5. The highest BCUT2D eigenvalue weighted by atomic mass is 79.9. The van der Waals surface area contributed by atoms with Gasteiger partial charge in [-0.3, -0.25) is 0 Å². The SMILES string of the molecule is CC(C)(C)OC(=O)N(CCCC[n+]1ccc(N)c2ccc(Cl)cc21)Cc1ccccc1.[Br-]. The van der Waals surface area contributed by atoms with Gasteiger partial charge in [-0.25, -0.2) is 4.79 Å². The number of fused-ring (bicyclic) bond motifs is 1. The van der Waals surface area contributed by atoms with Gasteiger partial charge in [0.15, 0.2) is 6.20 Å². The van der Waals surface area contributed by atoms with E-state index in [9.17, 15) is 4.79 Å². The summed E-state index contributed by atoms with van der Waals surface area (Å²) < 4.78 is 7.78. The number of amides is 1. The number of pyridine rings is 1. The quantitative estimate of drug-likeness (QED) is 0.385. The maximum atomic E-state index is 12.7. The van der Waals surface area contributed by atoms with Crippen molar-refractivity contribution in [3.63, 3.8) is 0 Å². The number of unbranched alkanes of at least 4 members (excludes halogenated alkanes) is 1. The van der Waals surface area contributed by atoms with Crippen LogP contribution in [0.3, 0.4) is 0 Å². The van der Waals surface area contributed by atoms with E-state index in [1.54, 1.807) is 4.90 Å². The van der Waals surface area contributed by atoms with Crippen LogP contribution < -0.4 is 27.3 Å². The summed E-state index contributed by atoms with van der Waals surface area (Å²) in [7, 11) is 0. The molecule has 7 heteroatoms. The summed E-state index contributed by atoms with van der Waals surface area (Å²) in [6, 6.07) is 17.7. The molecule has 0 fully saturated rings. The normalized spacial score (nSPS) is 11.1. The molecule has 0 aliphatic rings. The smallest absolute Gasteiger partial charge is 0.410 e. The number of aryl methyl sites for hydroxylation is 1. The van der Waals surface area contributed by atoms with Gasteiger partial charge < -0.3 is 32.4 Å². The topological polar surface area (TPSA) is 59.4 Å². The third kappa shape index (κ3) is 7.38. The Morgan fingerprint density at radius 3 is 2.50 bits per heavy atom. The predicted molar refractivity (Wildman–Crippen MR) is 126 cm³/mol. The van der Waals surface area contributed by atoms with E-state index in [1.807, 2.05) is 81.6 Å². The molecule has 1 amide bonds. The maximum absolute atomic E-state index is 12.7. The van der Waals surface area contributed by atoms with Gasteiger partial charge in [0.05, 0.1) is 11.1 Å². The molecule has 3 aromatic rings. The van der Waals surface area contributed by atoms with Crippen molar-refractivity contribution in [2.24, 2.45) is 0 Å². The van der Waals surface area contributed by atoms with E-state index < -0.39 is 5.60 Å². The number of halogens is 2. The molecule has 0 radical (unpaired) electrons. The predicted octanol–water partition coefficient (Wildman–Crippen LogP) is 2.58. The molecule has 2 N–H and O–H groups in total. The molecule has 5 nitrogen and oxygen atoms in total. The number of ether oxygens (including phenoxy) is 1. The second-order valence-electron chi connectivity index (χ2n) is 8.72. The number of anilines is 1. The Balaban J connectivity index is 0.00000363. The molecule has 0 saturated heterocycles. The van der Waals surface area contributed by atoms with Crippen molar-refractivity contribution < 1.29 is 31.1 Å². The van der Waals surface area contributed by atoms with Crippen LogP contribution >= 0.6 is 11.6 Å². The van der Waals surface area contributed by atoms with Gasteiger partial charge in [0.25, 0.3) is 0 Å². The van der Waals surface area contributed by atoms with Gasteiger partial charge in [0.2, 0.25) is 5.52 Å². The van der Waals surface area contributed by atoms with Crippen LogP contribution in [-0.2, 0) is 17.8 Å². The number of rotatable bonds is 7. The zero-order chi connectivity index (χ0) is 22.4. The highest BCUT2D eigenvalue weighted by Crippen LogP contribution is 2.21. The fourth-order valence-corrected chi connectivity index (χ4v) is 3.64. The Morgan fingerprint density at radius 1 is 1.09 bits per heavy atom. The molecule has 1 heterocycles. The molecule has 0 atom stereocenters. The summed E-state index contributed by atoms with van der Waals surface area (Å²) in [4.78, 5) is 14.5. The maximum Gasteiger partial charge on any atom is 0.410 e. The van der Waals surface area contributed by atoms with Gasteiger partial charge in [-0.15, -0.1) is 0 Å². The summed E-state index contributed by atoms with van der Waals surface area (Å²) >= 11 is 6.20. The number of carbonyl (C=O) groups is 1. The van der Waals surface area contributed by atoms with E-state index in [-0.39, 0.29) is 23.1 Å². The molecule has 0 aliphatic heterocycles. The minimum Gasteiger partial charge on any atom is -1.00 e. The highest BCUT2D eigenvalue weighted by molar-refractivity contribution is 6.31. The van der Waals surface area contributed by atoms with Crippen LogP contribution in [0.2, 0.25) is 5.02 Å². The van der Waals surface area contributed by atoms with E-state index >= 15 is 0 Å². The van der Waals surface area contributed by atoms with Crippen molar-refractivity contribution in [1.82, 2.24) is 4.90 Å². The second-order valence-corrected chi connectivity index (χ2v) is 9.16. The van der Waals surface area contributed by atoms with Crippen molar-refractivity contribution in [2.75, 3.05) is 12.3 Å². The number of carbonyl (C=O) groups excluding carboxylic acids is 1. The number of hydrogen-bond donors (Lipinski definition) is 1. The van der Waals surface area contributed by atoms with Crippen LogP contribution in [0.15, 0.2) is 60.8 Å². The van der Waals surface area contributed by atoms with Gasteiger partial charge in [-0.2, -0.15) is 4.57 Å². The summed E-state index contributed by atoms with van der Waals surface area (Å²) in [5.74, 6) is 0. The lowest BCUT2D eigenvalue weighted by atomic mass is 10.1. The first-order valence-electron chi connectivity index (χ1n) is 10.6. The van der Waals surface area contributed by atoms with Gasteiger partial charge in [0.1, 0.15) is 12.1 Å². The molecule has 32 heavy (non-hydrogen) atoms. The van der Waals surface area contributed by atoms with Crippen molar-refractivity contribution in [2.45, 2.75) is 52.3 Å². The number of nitrogen functional groups attached to an aromatic ring is 1. The number of nitrogens with two attached hydrogens (primary N) is 1. The number of hydrogen-bond acceptors (Lipinski definition) is 3. The van der Waals surface area contributed by atoms with Crippen molar-refractivity contribution in [3.8, 4) is 0 Å². The van der Waals surface area contributed by atoms with Gasteiger partial charge in [-0.05, 0) is 44.9 Å². The fraction of sp³-hybridized carbons (Fsp3) is 0.360. The van der Waals surface area contributed by atoms with Crippen LogP contribution in [0, 0.1) is 0 Å². The third-order valence-electron chi connectivity index (χ3n) is 4.96. The molecular formula is C25H31BrClN3O2. The lowest BCUT2D eigenvalue weighted by Gasteiger charge is -2.27. The van der Waals surface area contributed by atoms with Gasteiger partial charge >= 0.3 is 6.09 Å². The molecule has 0 aliphatic carbocycles. The van der Waals surface area contributed by atoms with E-state index in [0.717, 1.165) is 41.5 Å². The molecule has 2 aromatic carbocycles. The Kier molecular flexibility index (Phi) is 9.34. The summed E-state index contributed by atoms with van der Waals surface area (Å²) in [5.41, 5.74) is 8.43. The Morgan fingerprint density at radius 2 is 1.81 bits per heavy atom. The van der Waals surface area contributed by atoms with Gasteiger partial charge in [0, 0.05) is 36.7 Å². The number of aromatic nitrogens is 1. The first-order valence-corrected chi connectivity index (χ1v) is 11.0. The minimum absolute atomic E-state index is 0. The van der Waals surface area contributed by atoms with Crippen LogP contribution in [0.25, 0.3) is 10.9 Å². The first kappa shape index (κ1) is 25.9. The van der Waals surface area contributed by atoms with E-state index in [0.29, 0.717) is 18.1 Å². The van der Waals surface area contributed by atoms with Crippen molar-refractivity contribution >= 4 is 34.3 Å². The zero-order valence-electron chi connectivity index (χ0n) is 18.9. The lowest BCUT2D eigenvalue weighted by Crippen LogP contribution is -3.00. The standard InChI is InChI=1S/C25H30ClN3O2.BrH/c1-25(2,3)31-24(30)29(18-19-9-5-4-6-10-19)15-8-7-14-28-16-13-22(27)21-12-11-20(26)17-23(21)28;/h4-6,9-13,16-17,27H,7-8,14-15,18H2,1-3H3;1H. The zero-order valence-corrected chi connectivity index (χ0v) is 21.2. The highest BCUT2D eigenvalue weighted by Gasteiger charge is 2.22. The Labute approximate surface area is 205 Å². The van der Waals surface area contributed by atoms with Crippen LogP contribution in [0.1, 0.15) is 39.2 Å². The molecule has 1 aromatic heterocycles. The number of nitrogens with zero attached hydrogens (tertiary/aromatic N) is 2. The third-order valence-corrected chi connectivity index (χ3v) is 5.19. The molecule has 0 unspecified atom stereocenters. The van der Waals surface area contributed by atoms with Crippen LogP contribution in [0.5, 0.6) is 0 Å². The summed E-state index contributed by atoms with van der Waals surface area (Å²) in [6.07, 6.45) is 3.47. The van der Waals surface area contributed by atoms with Crippen molar-refractivity contribution in [3.05, 3.63) is 71.4 Å².